The Labute approximate surface area is 64.4 Å². The van der Waals surface area contributed by atoms with Crippen molar-refractivity contribution in [1.29, 1.82) is 0 Å². The van der Waals surface area contributed by atoms with Gasteiger partial charge in [0.05, 0.1) is 5.69 Å². The molecule has 1 aromatic rings. The summed E-state index contributed by atoms with van der Waals surface area (Å²) in [4.78, 5) is 13.3. The van der Waals surface area contributed by atoms with E-state index in [1.165, 1.54) is 13.0 Å². The SMILES string of the molecule is CC(=O)/C=C(\O)c1ccc[nH]1. The van der Waals surface area contributed by atoms with E-state index in [1.807, 2.05) is 0 Å². The highest BCUT2D eigenvalue weighted by Gasteiger charge is 1.98. The first kappa shape index (κ1) is 7.60. The van der Waals surface area contributed by atoms with Gasteiger partial charge in [0.15, 0.2) is 5.78 Å². The van der Waals surface area contributed by atoms with Crippen molar-refractivity contribution in [2.24, 2.45) is 0 Å². The average molecular weight is 151 g/mol. The van der Waals surface area contributed by atoms with Crippen molar-refractivity contribution in [3.8, 4) is 0 Å². The lowest BCUT2D eigenvalue weighted by Crippen LogP contribution is -1.87. The van der Waals surface area contributed by atoms with E-state index in [0.29, 0.717) is 5.69 Å². The first-order chi connectivity index (χ1) is 5.20. The van der Waals surface area contributed by atoms with Gasteiger partial charge in [-0.05, 0) is 19.1 Å². The first-order valence-electron chi connectivity index (χ1n) is 3.25. The number of aromatic amines is 1. The third-order valence-corrected chi connectivity index (χ3v) is 1.21. The fraction of sp³-hybridized carbons (Fsp3) is 0.125. The number of ketones is 1. The van der Waals surface area contributed by atoms with Crippen LogP contribution in [0.15, 0.2) is 24.4 Å². The van der Waals surface area contributed by atoms with Crippen molar-refractivity contribution in [3.05, 3.63) is 30.1 Å². The van der Waals surface area contributed by atoms with Crippen LogP contribution in [-0.2, 0) is 4.79 Å². The quantitative estimate of drug-likeness (QED) is 0.497. The number of rotatable bonds is 2. The van der Waals surface area contributed by atoms with Gasteiger partial charge in [0.25, 0.3) is 0 Å². The first-order valence-corrected chi connectivity index (χ1v) is 3.25. The van der Waals surface area contributed by atoms with Crippen molar-refractivity contribution in [2.75, 3.05) is 0 Å². The van der Waals surface area contributed by atoms with Crippen molar-refractivity contribution in [3.63, 3.8) is 0 Å². The van der Waals surface area contributed by atoms with Gasteiger partial charge in [-0.3, -0.25) is 4.79 Å². The standard InChI is InChI=1S/C8H9NO2/c1-6(10)5-8(11)7-3-2-4-9-7/h2-5,9,11H,1H3/b8-5-. The maximum atomic E-state index is 10.5. The molecular weight excluding hydrogens is 142 g/mol. The van der Waals surface area contributed by atoms with E-state index >= 15 is 0 Å². The molecule has 0 bridgehead atoms. The summed E-state index contributed by atoms with van der Waals surface area (Å²) in [6.07, 6.45) is 2.85. The zero-order valence-electron chi connectivity index (χ0n) is 6.16. The second kappa shape index (κ2) is 3.05. The molecule has 11 heavy (non-hydrogen) atoms. The Bertz CT molecular complexity index is 272. The minimum atomic E-state index is -0.169. The molecule has 1 rings (SSSR count). The summed E-state index contributed by atoms with van der Waals surface area (Å²) in [6, 6.07) is 3.44. The molecule has 0 radical (unpaired) electrons. The molecule has 0 spiro atoms. The number of aliphatic hydroxyl groups is 1. The largest absolute Gasteiger partial charge is 0.506 e. The van der Waals surface area contributed by atoms with Gasteiger partial charge in [0.1, 0.15) is 5.76 Å². The predicted octanol–water partition coefficient (Wildman–Crippen LogP) is 1.50. The highest BCUT2D eigenvalue weighted by molar-refractivity contribution is 5.93. The zero-order chi connectivity index (χ0) is 8.27. The number of carbonyl (C=O) groups is 1. The van der Waals surface area contributed by atoms with Gasteiger partial charge in [-0.1, -0.05) is 0 Å². The Kier molecular flexibility index (Phi) is 2.11. The number of aromatic nitrogens is 1. The van der Waals surface area contributed by atoms with E-state index in [1.54, 1.807) is 18.3 Å². The summed E-state index contributed by atoms with van der Waals surface area (Å²) in [5.74, 6) is -0.195. The summed E-state index contributed by atoms with van der Waals surface area (Å²) in [5.41, 5.74) is 0.556. The Morgan fingerprint density at radius 3 is 2.91 bits per heavy atom. The number of H-pyrrole nitrogens is 1. The van der Waals surface area contributed by atoms with Crippen LogP contribution >= 0.6 is 0 Å². The summed E-state index contributed by atoms with van der Waals surface area (Å²) in [5, 5.41) is 9.19. The number of hydrogen-bond donors (Lipinski definition) is 2. The maximum Gasteiger partial charge on any atom is 0.156 e. The molecule has 0 atom stereocenters. The molecule has 2 N–H and O–H groups in total. The van der Waals surface area contributed by atoms with Gasteiger partial charge in [0.2, 0.25) is 0 Å². The summed E-state index contributed by atoms with van der Waals surface area (Å²) in [7, 11) is 0. The van der Waals surface area contributed by atoms with Crippen LogP contribution in [0.5, 0.6) is 0 Å². The number of hydrogen-bond acceptors (Lipinski definition) is 2. The zero-order valence-corrected chi connectivity index (χ0v) is 6.16. The fourth-order valence-electron chi connectivity index (χ4n) is 0.760. The second-order valence-corrected chi connectivity index (χ2v) is 2.22. The smallest absolute Gasteiger partial charge is 0.156 e. The highest BCUT2D eigenvalue weighted by atomic mass is 16.3. The van der Waals surface area contributed by atoms with E-state index < -0.39 is 0 Å². The maximum absolute atomic E-state index is 10.5. The minimum absolute atomic E-state index is 0.0255. The average Bonchev–Trinajstić information content (AvgIpc) is 2.35. The number of nitrogens with one attached hydrogen (secondary N) is 1. The molecule has 0 unspecified atom stereocenters. The van der Waals surface area contributed by atoms with Crippen LogP contribution in [0.4, 0.5) is 0 Å². The van der Waals surface area contributed by atoms with Crippen LogP contribution in [0.1, 0.15) is 12.6 Å². The minimum Gasteiger partial charge on any atom is -0.506 e. The molecule has 3 heteroatoms. The molecular formula is C8H9NO2. The third-order valence-electron chi connectivity index (χ3n) is 1.21. The van der Waals surface area contributed by atoms with Crippen LogP contribution < -0.4 is 0 Å². The predicted molar refractivity (Wildman–Crippen MR) is 42.1 cm³/mol. The molecule has 1 heterocycles. The molecule has 0 aliphatic heterocycles. The van der Waals surface area contributed by atoms with Gasteiger partial charge in [0, 0.05) is 12.3 Å². The molecule has 0 amide bonds. The van der Waals surface area contributed by atoms with E-state index in [9.17, 15) is 9.90 Å². The van der Waals surface area contributed by atoms with Gasteiger partial charge < -0.3 is 10.1 Å². The Morgan fingerprint density at radius 1 is 1.73 bits per heavy atom. The van der Waals surface area contributed by atoms with Crippen molar-refractivity contribution in [2.45, 2.75) is 6.92 Å². The van der Waals surface area contributed by atoms with Crippen molar-refractivity contribution >= 4 is 11.5 Å². The lowest BCUT2D eigenvalue weighted by Gasteiger charge is -1.92. The van der Waals surface area contributed by atoms with Gasteiger partial charge in [-0.25, -0.2) is 0 Å². The van der Waals surface area contributed by atoms with Crippen LogP contribution in [0.3, 0.4) is 0 Å². The van der Waals surface area contributed by atoms with Crippen molar-refractivity contribution in [1.82, 2.24) is 4.98 Å². The Morgan fingerprint density at radius 2 is 2.45 bits per heavy atom. The normalized spacial score (nSPS) is 11.5. The lowest BCUT2D eigenvalue weighted by atomic mass is 10.3. The topological polar surface area (TPSA) is 53.1 Å². The molecule has 0 aliphatic carbocycles. The van der Waals surface area contributed by atoms with Crippen LogP contribution in [0, 0.1) is 0 Å². The van der Waals surface area contributed by atoms with Crippen LogP contribution in [-0.4, -0.2) is 15.9 Å². The van der Waals surface area contributed by atoms with Gasteiger partial charge in [-0.2, -0.15) is 0 Å². The molecule has 1 aromatic heterocycles. The van der Waals surface area contributed by atoms with Crippen LogP contribution in [0.25, 0.3) is 5.76 Å². The lowest BCUT2D eigenvalue weighted by molar-refractivity contribution is -0.112. The molecule has 58 valence electrons. The highest BCUT2D eigenvalue weighted by Crippen LogP contribution is 2.06. The molecule has 3 nitrogen and oxygen atoms in total. The summed E-state index contributed by atoms with van der Waals surface area (Å²) >= 11 is 0. The molecule has 0 saturated heterocycles. The van der Waals surface area contributed by atoms with Gasteiger partial charge in [-0.15, -0.1) is 0 Å². The third kappa shape index (κ3) is 1.97. The van der Waals surface area contributed by atoms with Crippen molar-refractivity contribution < 1.29 is 9.90 Å². The Balaban J connectivity index is 2.86. The monoisotopic (exact) mass is 151 g/mol. The number of aliphatic hydroxyl groups excluding tert-OH is 1. The molecule has 0 fully saturated rings. The summed E-state index contributed by atoms with van der Waals surface area (Å²) in [6.45, 7) is 1.39. The van der Waals surface area contributed by atoms with E-state index in [4.69, 9.17) is 0 Å². The molecule has 0 saturated carbocycles. The number of allylic oxidation sites excluding steroid dienone is 1. The number of carbonyl (C=O) groups excluding carboxylic acids is 1. The molecule has 0 aliphatic rings. The van der Waals surface area contributed by atoms with Crippen LogP contribution in [0.2, 0.25) is 0 Å². The van der Waals surface area contributed by atoms with E-state index in [-0.39, 0.29) is 11.5 Å². The second-order valence-electron chi connectivity index (χ2n) is 2.22. The molecule has 0 aromatic carbocycles. The summed E-state index contributed by atoms with van der Waals surface area (Å²) < 4.78 is 0. The van der Waals surface area contributed by atoms with E-state index in [2.05, 4.69) is 4.98 Å². The fourth-order valence-corrected chi connectivity index (χ4v) is 0.760. The van der Waals surface area contributed by atoms with E-state index in [0.717, 1.165) is 0 Å². The van der Waals surface area contributed by atoms with Gasteiger partial charge >= 0.3 is 0 Å². The Hall–Kier alpha value is -1.51.